The van der Waals surface area contributed by atoms with E-state index in [-0.39, 0.29) is 0 Å². The molecular formula is C39H44O5Si. The Bertz CT molecular complexity index is 1500. The fraction of sp³-hybridized carbons (Fsp3) is 0.308. The van der Waals surface area contributed by atoms with Crippen LogP contribution in [0.15, 0.2) is 138 Å². The number of rotatable bonds is 13. The van der Waals surface area contributed by atoms with E-state index in [9.17, 15) is 5.11 Å². The monoisotopic (exact) mass is 620 g/mol. The molecule has 5 nitrogen and oxygen atoms in total. The van der Waals surface area contributed by atoms with E-state index in [1.807, 2.05) is 121 Å². The van der Waals surface area contributed by atoms with Gasteiger partial charge >= 0.3 is 0 Å². The molecule has 0 aliphatic heterocycles. The minimum absolute atomic E-state index is 0.319. The van der Waals surface area contributed by atoms with E-state index < -0.39 is 38.6 Å². The van der Waals surface area contributed by atoms with Crippen LogP contribution in [-0.4, -0.2) is 43.7 Å². The summed E-state index contributed by atoms with van der Waals surface area (Å²) in [7, 11) is -1.69. The molecule has 0 spiro atoms. The highest BCUT2D eigenvalue weighted by atomic mass is 28.3. The standard InChI is InChI=1S/C39H44O5Si/c1-45(2,3)25-24-34-35(40)37(42-27-31-18-10-5-11-19-31)39(44-29-33-22-14-7-15-23-33)38(43-28-32-20-12-6-13-21-32)36(34)41-26-30-16-8-4-9-17-30/h4-23,25,35-40H,26-29H2,1-3H3/t24?,35-,36-,37+,38+,39+/m0/s1. The molecule has 1 fully saturated rings. The molecule has 0 radical (unpaired) electrons. The maximum Gasteiger partial charge on any atom is 0.118 e. The molecule has 4 aromatic carbocycles. The molecule has 5 rings (SSSR count). The van der Waals surface area contributed by atoms with Gasteiger partial charge < -0.3 is 24.1 Å². The van der Waals surface area contributed by atoms with E-state index in [2.05, 4.69) is 31.1 Å². The second kappa shape index (κ2) is 16.1. The van der Waals surface area contributed by atoms with Crippen LogP contribution in [0.2, 0.25) is 19.6 Å². The molecule has 5 atom stereocenters. The van der Waals surface area contributed by atoms with Gasteiger partial charge in [-0.3, -0.25) is 0 Å². The first kappa shape index (κ1) is 32.8. The summed E-state index contributed by atoms with van der Waals surface area (Å²) in [6, 6.07) is 40.2. The Kier molecular flexibility index (Phi) is 11.7. The minimum Gasteiger partial charge on any atom is -0.385 e. The maximum absolute atomic E-state index is 12.1. The predicted octanol–water partition coefficient (Wildman–Crippen LogP) is 7.66. The second-order valence-electron chi connectivity index (χ2n) is 12.6. The van der Waals surface area contributed by atoms with Crippen molar-refractivity contribution >= 4 is 8.07 Å². The summed E-state index contributed by atoms with van der Waals surface area (Å²) >= 11 is 0. The molecule has 1 aliphatic carbocycles. The molecule has 0 unspecified atom stereocenters. The van der Waals surface area contributed by atoms with Crippen LogP contribution in [-0.2, 0) is 45.4 Å². The topological polar surface area (TPSA) is 57.2 Å². The van der Waals surface area contributed by atoms with Crippen molar-refractivity contribution in [2.24, 2.45) is 0 Å². The van der Waals surface area contributed by atoms with Crippen molar-refractivity contribution in [1.29, 1.82) is 0 Å². The van der Waals surface area contributed by atoms with Crippen LogP contribution in [0.1, 0.15) is 22.3 Å². The third kappa shape index (κ3) is 9.70. The van der Waals surface area contributed by atoms with Gasteiger partial charge in [-0.1, -0.05) is 147 Å². The number of benzene rings is 4. The predicted molar refractivity (Wildman–Crippen MR) is 181 cm³/mol. The molecule has 1 N–H and O–H groups in total. The molecule has 0 amide bonds. The fourth-order valence-electron chi connectivity index (χ4n) is 5.33. The van der Waals surface area contributed by atoms with E-state index in [1.165, 1.54) is 0 Å². The Hall–Kier alpha value is -3.58. The van der Waals surface area contributed by atoms with E-state index in [0.29, 0.717) is 32.0 Å². The molecule has 234 valence electrons. The fourth-order valence-corrected chi connectivity index (χ4v) is 5.93. The van der Waals surface area contributed by atoms with Crippen LogP contribution in [0.25, 0.3) is 0 Å². The van der Waals surface area contributed by atoms with Gasteiger partial charge in [-0.05, 0) is 22.3 Å². The van der Waals surface area contributed by atoms with E-state index in [1.54, 1.807) is 0 Å². The number of hydrogen-bond acceptors (Lipinski definition) is 5. The van der Waals surface area contributed by atoms with Crippen molar-refractivity contribution in [3.05, 3.63) is 161 Å². The Balaban J connectivity index is 1.55. The summed E-state index contributed by atoms with van der Waals surface area (Å²) in [5, 5.41) is 12.1. The molecule has 45 heavy (non-hydrogen) atoms. The normalized spacial score (nSPS) is 21.7. The van der Waals surface area contributed by atoms with Crippen LogP contribution in [0.5, 0.6) is 0 Å². The highest BCUT2D eigenvalue weighted by Gasteiger charge is 2.50. The van der Waals surface area contributed by atoms with Gasteiger partial charge in [0.2, 0.25) is 0 Å². The molecule has 0 bridgehead atoms. The zero-order chi connectivity index (χ0) is 31.5. The summed E-state index contributed by atoms with van der Waals surface area (Å²) in [5.74, 6) is 0. The highest BCUT2D eigenvalue weighted by Crippen LogP contribution is 2.35. The summed E-state index contributed by atoms with van der Waals surface area (Å²) in [6.07, 6.45) is -3.57. The van der Waals surface area contributed by atoms with Crippen molar-refractivity contribution in [3.63, 3.8) is 0 Å². The second-order valence-corrected chi connectivity index (χ2v) is 17.6. The van der Waals surface area contributed by atoms with Crippen molar-refractivity contribution in [2.75, 3.05) is 0 Å². The third-order valence-corrected chi connectivity index (χ3v) is 8.69. The molecule has 0 heterocycles. The van der Waals surface area contributed by atoms with Gasteiger partial charge in [-0.2, -0.15) is 0 Å². The van der Waals surface area contributed by atoms with Crippen molar-refractivity contribution in [1.82, 2.24) is 0 Å². The average Bonchev–Trinajstić information content (AvgIpc) is 3.06. The van der Waals surface area contributed by atoms with Crippen LogP contribution >= 0.6 is 0 Å². The average molecular weight is 621 g/mol. The molecule has 6 heteroatoms. The van der Waals surface area contributed by atoms with Gasteiger partial charge in [0.1, 0.15) is 30.5 Å². The lowest BCUT2D eigenvalue weighted by molar-refractivity contribution is -0.221. The first-order valence-electron chi connectivity index (χ1n) is 15.7. The third-order valence-electron chi connectivity index (χ3n) is 7.68. The maximum atomic E-state index is 12.1. The lowest BCUT2D eigenvalue weighted by atomic mass is 9.82. The highest BCUT2D eigenvalue weighted by molar-refractivity contribution is 6.80. The number of aliphatic hydroxyl groups is 1. The first-order chi connectivity index (χ1) is 21.9. The lowest BCUT2D eigenvalue weighted by Gasteiger charge is -2.45. The Morgan fingerprint density at radius 2 is 0.889 bits per heavy atom. The van der Waals surface area contributed by atoms with E-state index in [4.69, 9.17) is 18.9 Å². The lowest BCUT2D eigenvalue weighted by Crippen LogP contribution is -2.60. The van der Waals surface area contributed by atoms with Gasteiger partial charge in [0, 0.05) is 5.57 Å². The SMILES string of the molecule is C[Si](C)(C)C=C=C1[C@H](O)[C@@H](OCc2ccccc2)[C@@H](OCc2ccccc2)[C@H](OCc2ccccc2)[C@H]1OCc1ccccc1. The summed E-state index contributed by atoms with van der Waals surface area (Å²) in [6.45, 7) is 8.09. The largest absolute Gasteiger partial charge is 0.385 e. The zero-order valence-corrected chi connectivity index (χ0v) is 27.4. The van der Waals surface area contributed by atoms with Gasteiger partial charge in [0.05, 0.1) is 34.5 Å². The smallest absolute Gasteiger partial charge is 0.118 e. The Morgan fingerprint density at radius 1 is 0.533 bits per heavy atom. The quantitative estimate of drug-likeness (QED) is 0.123. The van der Waals surface area contributed by atoms with Crippen molar-refractivity contribution < 1.29 is 24.1 Å². The van der Waals surface area contributed by atoms with Gasteiger partial charge in [0.15, 0.2) is 0 Å². The summed E-state index contributed by atoms with van der Waals surface area (Å²) in [4.78, 5) is 0. The number of aliphatic hydroxyl groups excluding tert-OH is 1. The molecule has 0 saturated heterocycles. The number of ether oxygens (including phenoxy) is 4. The summed E-state index contributed by atoms with van der Waals surface area (Å²) < 4.78 is 26.7. The molecular weight excluding hydrogens is 577 g/mol. The minimum atomic E-state index is -1.69. The van der Waals surface area contributed by atoms with E-state index in [0.717, 1.165) is 22.3 Å². The van der Waals surface area contributed by atoms with Gasteiger partial charge in [0.25, 0.3) is 0 Å². The summed E-state index contributed by atoms with van der Waals surface area (Å²) in [5.41, 5.74) is 10.4. The van der Waals surface area contributed by atoms with Crippen LogP contribution in [0, 0.1) is 0 Å². The molecule has 0 aromatic heterocycles. The Morgan fingerprint density at radius 3 is 1.29 bits per heavy atom. The van der Waals surface area contributed by atoms with E-state index >= 15 is 0 Å². The molecule has 4 aromatic rings. The van der Waals surface area contributed by atoms with Crippen molar-refractivity contribution in [2.45, 2.75) is 76.6 Å². The molecule has 1 aliphatic rings. The zero-order valence-electron chi connectivity index (χ0n) is 26.4. The van der Waals surface area contributed by atoms with Gasteiger partial charge in [-0.25, -0.2) is 0 Å². The number of hydrogen-bond donors (Lipinski definition) is 1. The Labute approximate surface area is 268 Å². The van der Waals surface area contributed by atoms with Crippen LogP contribution < -0.4 is 0 Å². The molecule has 1 saturated carbocycles. The first-order valence-corrected chi connectivity index (χ1v) is 19.2. The van der Waals surface area contributed by atoms with Crippen LogP contribution in [0.3, 0.4) is 0 Å². The van der Waals surface area contributed by atoms with Gasteiger partial charge in [-0.15, -0.1) is 5.73 Å². The van der Waals surface area contributed by atoms with Crippen LogP contribution in [0.4, 0.5) is 0 Å². The van der Waals surface area contributed by atoms with Crippen molar-refractivity contribution in [3.8, 4) is 0 Å².